The van der Waals surface area contributed by atoms with Crippen LogP contribution in [0.2, 0.25) is 0 Å². The summed E-state index contributed by atoms with van der Waals surface area (Å²) in [6, 6.07) is 0. The van der Waals surface area contributed by atoms with Crippen LogP contribution in [0, 0.1) is 0 Å². The lowest BCUT2D eigenvalue weighted by Crippen LogP contribution is -2.40. The van der Waals surface area contributed by atoms with Crippen molar-refractivity contribution in [2.75, 3.05) is 92.1 Å². The fraction of sp³-hybridized carbons (Fsp3) is 0.440. The van der Waals surface area contributed by atoms with E-state index in [4.69, 9.17) is 56.8 Å². The molecule has 0 bridgehead atoms. The molecule has 0 aliphatic heterocycles. The van der Waals surface area contributed by atoms with Gasteiger partial charge in [-0.25, -0.2) is 38.4 Å². The summed E-state index contributed by atoms with van der Waals surface area (Å²) in [6.07, 6.45) is 0.445. The summed E-state index contributed by atoms with van der Waals surface area (Å²) in [5.41, 5.74) is 0. The Morgan fingerprint density at radius 1 is 0.263 bits per heavy atom. The van der Waals surface area contributed by atoms with Gasteiger partial charge in [0.25, 0.3) is 0 Å². The molecular formula is C50H64N2O24. The molecule has 0 aliphatic rings. The Bertz CT molecular complexity index is 1800. The summed E-state index contributed by atoms with van der Waals surface area (Å²) < 4.78 is 61.2. The minimum atomic E-state index is -1.24. The lowest BCUT2D eigenvalue weighted by molar-refractivity contribution is -0.162. The number of esters is 12. The van der Waals surface area contributed by atoms with Crippen molar-refractivity contribution in [3.63, 3.8) is 0 Å². The molecule has 4 atom stereocenters. The summed E-state index contributed by atoms with van der Waals surface area (Å²) in [6.45, 7) is 21.6. The van der Waals surface area contributed by atoms with Gasteiger partial charge in [0, 0.05) is 87.9 Å². The van der Waals surface area contributed by atoms with Crippen LogP contribution < -0.4 is 0 Å². The number of hydrogen-bond acceptors (Lipinski definition) is 26. The Kier molecular flexibility index (Phi) is 36.3. The quantitative estimate of drug-likeness (QED) is 0.0459. The van der Waals surface area contributed by atoms with Crippen LogP contribution in [0.4, 0.5) is 0 Å². The minimum Gasteiger partial charge on any atom is -0.462 e. The number of hydrogen-bond donors (Lipinski definition) is 0. The van der Waals surface area contributed by atoms with E-state index in [2.05, 4.69) is 52.6 Å². The normalized spacial score (nSPS) is 11.9. The van der Waals surface area contributed by atoms with Gasteiger partial charge in [-0.1, -0.05) is 52.6 Å². The van der Waals surface area contributed by atoms with Gasteiger partial charge in [0.15, 0.2) is 24.4 Å². The first-order valence-electron chi connectivity index (χ1n) is 22.8. The summed E-state index contributed by atoms with van der Waals surface area (Å²) >= 11 is 0. The molecule has 0 N–H and O–H groups in total. The van der Waals surface area contributed by atoms with Crippen LogP contribution in [0.5, 0.6) is 0 Å². The van der Waals surface area contributed by atoms with Crippen LogP contribution in [0.1, 0.15) is 25.7 Å². The van der Waals surface area contributed by atoms with Crippen molar-refractivity contribution >= 4 is 71.6 Å². The van der Waals surface area contributed by atoms with Crippen LogP contribution in [0.15, 0.2) is 101 Å². The molecule has 0 fully saturated rings. The van der Waals surface area contributed by atoms with Crippen molar-refractivity contribution in [1.82, 2.24) is 9.80 Å². The molecule has 26 nitrogen and oxygen atoms in total. The van der Waals surface area contributed by atoms with Crippen LogP contribution in [-0.2, 0) is 114 Å². The summed E-state index contributed by atoms with van der Waals surface area (Å²) in [5, 5.41) is 0. The van der Waals surface area contributed by atoms with Crippen molar-refractivity contribution in [1.29, 1.82) is 0 Å². The third-order valence-corrected chi connectivity index (χ3v) is 9.09. The van der Waals surface area contributed by atoms with Gasteiger partial charge >= 0.3 is 71.6 Å². The molecule has 0 saturated heterocycles. The fourth-order valence-electron chi connectivity index (χ4n) is 5.23. The van der Waals surface area contributed by atoms with Gasteiger partial charge in [-0.05, 0) is 0 Å². The molecule has 0 aliphatic carbocycles. The van der Waals surface area contributed by atoms with Gasteiger partial charge in [-0.3, -0.25) is 19.2 Å². The van der Waals surface area contributed by atoms with Gasteiger partial charge in [0.1, 0.15) is 52.9 Å². The lowest BCUT2D eigenvalue weighted by Gasteiger charge is -2.27. The van der Waals surface area contributed by atoms with E-state index in [0.29, 0.717) is 0 Å². The predicted molar refractivity (Wildman–Crippen MR) is 260 cm³/mol. The lowest BCUT2D eigenvalue weighted by atomic mass is 10.3. The zero-order chi connectivity index (χ0) is 57.3. The third-order valence-electron chi connectivity index (χ3n) is 9.09. The van der Waals surface area contributed by atoms with E-state index < -0.39 is 149 Å². The number of nitrogens with zero attached hydrogens (tertiary/aromatic N) is 2. The molecule has 76 heavy (non-hydrogen) atoms. The smallest absolute Gasteiger partial charge is 0.330 e. The van der Waals surface area contributed by atoms with Crippen molar-refractivity contribution in [2.24, 2.45) is 0 Å². The Labute approximate surface area is 438 Å². The number of carbonyl (C=O) groups excluding carboxylic acids is 12. The van der Waals surface area contributed by atoms with Crippen LogP contribution in [0.3, 0.4) is 0 Å². The Morgan fingerprint density at radius 3 is 0.605 bits per heavy atom. The van der Waals surface area contributed by atoms with Crippen molar-refractivity contribution < 1.29 is 114 Å². The standard InChI is InChI=1S/C50H64N2O24/c1-9-39(53)65-27-35(73-43(57)13-5)31-69-47(61)17-21-51(22-18-48(62)70-32-36(74-44(58)14-6)28-66-40(54)10-2)25-26-52(23-19-49(63)71-33-37(75-45(59)15-7)29-67-41(55)11-3)24-20-50(64)72-34-38(76-46(60)16-8)30-68-42(56)12-4/h9-16,35-38H,1-8,17-34H2. The van der Waals surface area contributed by atoms with Crippen molar-refractivity contribution in [3.05, 3.63) is 101 Å². The van der Waals surface area contributed by atoms with Gasteiger partial charge < -0.3 is 66.6 Å². The zero-order valence-corrected chi connectivity index (χ0v) is 42.0. The maximum absolute atomic E-state index is 13.1. The third kappa shape index (κ3) is 34.8. The zero-order valence-electron chi connectivity index (χ0n) is 42.0. The molecule has 0 spiro atoms. The average molecular weight is 1080 g/mol. The number of ether oxygens (including phenoxy) is 12. The molecule has 0 aromatic heterocycles. The van der Waals surface area contributed by atoms with Crippen molar-refractivity contribution in [3.8, 4) is 0 Å². The first kappa shape index (κ1) is 67.5. The number of carbonyl (C=O) groups is 12. The van der Waals surface area contributed by atoms with Crippen molar-refractivity contribution in [2.45, 2.75) is 50.1 Å². The Balaban J connectivity index is 6.52. The molecule has 0 amide bonds. The van der Waals surface area contributed by atoms with Gasteiger partial charge in [-0.2, -0.15) is 0 Å². The highest BCUT2D eigenvalue weighted by Crippen LogP contribution is 2.08. The Hall–Kier alpha value is -8.52. The molecule has 0 radical (unpaired) electrons. The average Bonchev–Trinajstić information content (AvgIpc) is 3.42. The van der Waals surface area contributed by atoms with E-state index in [9.17, 15) is 57.5 Å². The van der Waals surface area contributed by atoms with E-state index in [0.717, 1.165) is 48.6 Å². The minimum absolute atomic E-state index is 0.00130. The molecule has 4 unspecified atom stereocenters. The molecule has 0 aromatic rings. The summed E-state index contributed by atoms with van der Waals surface area (Å²) in [4.78, 5) is 149. The van der Waals surface area contributed by atoms with E-state index in [1.165, 1.54) is 0 Å². The Morgan fingerprint density at radius 2 is 0.434 bits per heavy atom. The second-order valence-corrected chi connectivity index (χ2v) is 14.8. The molecule has 0 rings (SSSR count). The molecule has 418 valence electrons. The second-order valence-electron chi connectivity index (χ2n) is 14.8. The first-order valence-corrected chi connectivity index (χ1v) is 22.8. The topological polar surface area (TPSA) is 322 Å². The van der Waals surface area contributed by atoms with Gasteiger partial charge in [-0.15, -0.1) is 0 Å². The highest BCUT2D eigenvalue weighted by atomic mass is 16.6. The molecule has 26 heteroatoms. The van der Waals surface area contributed by atoms with E-state index in [-0.39, 0.29) is 65.0 Å². The molecular weight excluding hydrogens is 1010 g/mol. The first-order chi connectivity index (χ1) is 36.2. The van der Waals surface area contributed by atoms with E-state index in [1.54, 1.807) is 9.80 Å². The molecule has 0 heterocycles. The SMILES string of the molecule is C=CC(=O)OCC(COC(=O)CCN(CCC(=O)OCC(COC(=O)C=C)OC(=O)C=C)CCN(CCC(=O)OCC(COC(=O)C=C)OC(=O)C=C)CCC(=O)OCC(COC(=O)C=C)OC(=O)C=C)OC(=O)C=C. The largest absolute Gasteiger partial charge is 0.462 e. The van der Waals surface area contributed by atoms with Crippen LogP contribution >= 0.6 is 0 Å². The van der Waals surface area contributed by atoms with E-state index >= 15 is 0 Å². The summed E-state index contributed by atoms with van der Waals surface area (Å²) in [5.74, 6) is -10.3. The predicted octanol–water partition coefficient (Wildman–Crippen LogP) is 0.632. The maximum Gasteiger partial charge on any atom is 0.330 e. The monoisotopic (exact) mass is 1080 g/mol. The molecule has 0 aromatic carbocycles. The second kappa shape index (κ2) is 40.9. The van der Waals surface area contributed by atoms with Gasteiger partial charge in [0.2, 0.25) is 0 Å². The molecule has 0 saturated carbocycles. The highest BCUT2D eigenvalue weighted by molar-refractivity contribution is 5.84. The maximum atomic E-state index is 13.1. The summed E-state index contributed by atoms with van der Waals surface area (Å²) in [7, 11) is 0. The van der Waals surface area contributed by atoms with Crippen LogP contribution in [0.25, 0.3) is 0 Å². The van der Waals surface area contributed by atoms with E-state index in [1.807, 2.05) is 0 Å². The van der Waals surface area contributed by atoms with Gasteiger partial charge in [0.05, 0.1) is 25.7 Å². The van der Waals surface area contributed by atoms with Crippen LogP contribution in [-0.4, -0.2) is 198 Å². The number of rotatable bonds is 43. The highest BCUT2D eigenvalue weighted by Gasteiger charge is 2.24. The fourth-order valence-corrected chi connectivity index (χ4v) is 5.23.